The predicted molar refractivity (Wildman–Crippen MR) is 54.7 cm³/mol. The molecular weight excluding hydrogens is 160 g/mol. The van der Waals surface area contributed by atoms with Crippen molar-refractivity contribution in [2.45, 2.75) is 45.4 Å². The van der Waals surface area contributed by atoms with Crippen molar-refractivity contribution >= 4 is 0 Å². The van der Waals surface area contributed by atoms with E-state index in [9.17, 15) is 0 Å². The first-order valence-corrected chi connectivity index (χ1v) is 5.98. The van der Waals surface area contributed by atoms with Crippen molar-refractivity contribution in [3.8, 4) is 0 Å². The number of hydrogen-bond acceptors (Lipinski definition) is 1. The zero-order chi connectivity index (χ0) is 9.10. The molecule has 0 radical (unpaired) electrons. The van der Waals surface area contributed by atoms with Gasteiger partial charge in [-0.25, -0.2) is 0 Å². The minimum atomic E-state index is 0.903. The van der Waals surface area contributed by atoms with Gasteiger partial charge in [-0.05, 0) is 49.9 Å². The first kappa shape index (κ1) is 9.51. The smallest absolute Gasteiger partial charge is 0.0494 e. The van der Waals surface area contributed by atoms with E-state index >= 15 is 0 Å². The van der Waals surface area contributed by atoms with E-state index < -0.39 is 0 Å². The highest BCUT2D eigenvalue weighted by Crippen LogP contribution is 2.51. The van der Waals surface area contributed by atoms with Crippen LogP contribution in [0.3, 0.4) is 0 Å². The van der Waals surface area contributed by atoms with Gasteiger partial charge < -0.3 is 4.74 Å². The van der Waals surface area contributed by atoms with E-state index in [0.29, 0.717) is 0 Å². The second-order valence-corrected chi connectivity index (χ2v) is 4.86. The lowest BCUT2D eigenvalue weighted by molar-refractivity contribution is 0.0816. The van der Waals surface area contributed by atoms with Gasteiger partial charge in [0.2, 0.25) is 0 Å². The van der Waals surface area contributed by atoms with Gasteiger partial charge in [-0.3, -0.25) is 0 Å². The Morgan fingerprint density at radius 1 is 1.15 bits per heavy atom. The standard InChI is InChI=1S/C12H22O/c1-2-3-6-13-9-10-4-5-11-8-12(11)7-10/h10-12H,2-9H2,1H3. The van der Waals surface area contributed by atoms with Crippen molar-refractivity contribution in [2.75, 3.05) is 13.2 Å². The summed E-state index contributed by atoms with van der Waals surface area (Å²) in [5, 5.41) is 0. The van der Waals surface area contributed by atoms with Crippen LogP contribution in [0.15, 0.2) is 0 Å². The lowest BCUT2D eigenvalue weighted by Gasteiger charge is -2.20. The Kier molecular flexibility index (Phi) is 3.26. The molecule has 0 spiro atoms. The molecule has 0 aliphatic heterocycles. The van der Waals surface area contributed by atoms with Gasteiger partial charge in [0.05, 0.1) is 0 Å². The fourth-order valence-corrected chi connectivity index (χ4v) is 2.60. The predicted octanol–water partition coefficient (Wildman–Crippen LogP) is 3.24. The summed E-state index contributed by atoms with van der Waals surface area (Å²) in [7, 11) is 0. The summed E-state index contributed by atoms with van der Waals surface area (Å²) in [6, 6.07) is 0. The van der Waals surface area contributed by atoms with Crippen LogP contribution in [-0.4, -0.2) is 13.2 Å². The van der Waals surface area contributed by atoms with Crippen LogP contribution >= 0.6 is 0 Å². The van der Waals surface area contributed by atoms with Crippen LogP contribution in [0.5, 0.6) is 0 Å². The van der Waals surface area contributed by atoms with Crippen LogP contribution in [0, 0.1) is 17.8 Å². The third-order valence-corrected chi connectivity index (χ3v) is 3.65. The Balaban J connectivity index is 1.54. The summed E-state index contributed by atoms with van der Waals surface area (Å²) in [4.78, 5) is 0. The van der Waals surface area contributed by atoms with Gasteiger partial charge in [-0.2, -0.15) is 0 Å². The third-order valence-electron chi connectivity index (χ3n) is 3.65. The summed E-state index contributed by atoms with van der Waals surface area (Å²) < 4.78 is 5.68. The van der Waals surface area contributed by atoms with Gasteiger partial charge in [0.15, 0.2) is 0 Å². The molecule has 13 heavy (non-hydrogen) atoms. The van der Waals surface area contributed by atoms with E-state index in [0.717, 1.165) is 31.0 Å². The maximum absolute atomic E-state index is 5.68. The Bertz CT molecular complexity index is 155. The van der Waals surface area contributed by atoms with Crippen LogP contribution in [0.2, 0.25) is 0 Å². The van der Waals surface area contributed by atoms with Gasteiger partial charge in [0.25, 0.3) is 0 Å². The third kappa shape index (κ3) is 2.70. The van der Waals surface area contributed by atoms with E-state index in [1.165, 1.54) is 38.5 Å². The number of hydrogen-bond donors (Lipinski definition) is 0. The molecule has 0 aromatic heterocycles. The van der Waals surface area contributed by atoms with Crippen LogP contribution in [-0.2, 0) is 4.74 Å². The lowest BCUT2D eigenvalue weighted by atomic mass is 9.90. The molecule has 3 unspecified atom stereocenters. The average molecular weight is 182 g/mol. The van der Waals surface area contributed by atoms with E-state index in [-0.39, 0.29) is 0 Å². The molecule has 1 nitrogen and oxygen atoms in total. The van der Waals surface area contributed by atoms with Crippen LogP contribution < -0.4 is 0 Å². The summed E-state index contributed by atoms with van der Waals surface area (Å²) >= 11 is 0. The van der Waals surface area contributed by atoms with E-state index in [1.54, 1.807) is 0 Å². The summed E-state index contributed by atoms with van der Waals surface area (Å²) in [5.41, 5.74) is 0. The van der Waals surface area contributed by atoms with E-state index in [1.807, 2.05) is 0 Å². The quantitative estimate of drug-likeness (QED) is 0.593. The maximum Gasteiger partial charge on any atom is 0.0494 e. The number of rotatable bonds is 5. The Labute approximate surface area is 81.9 Å². The van der Waals surface area contributed by atoms with Crippen LogP contribution in [0.1, 0.15) is 45.4 Å². The minimum absolute atomic E-state index is 0.903. The lowest BCUT2D eigenvalue weighted by Crippen LogP contribution is -2.15. The first-order valence-electron chi connectivity index (χ1n) is 5.98. The molecule has 0 aromatic rings. The number of unbranched alkanes of at least 4 members (excludes halogenated alkanes) is 1. The molecule has 0 N–H and O–H groups in total. The molecule has 2 aliphatic carbocycles. The molecule has 0 aromatic carbocycles. The molecule has 2 fully saturated rings. The van der Waals surface area contributed by atoms with Crippen molar-refractivity contribution in [3.63, 3.8) is 0 Å². The van der Waals surface area contributed by atoms with Crippen molar-refractivity contribution in [1.82, 2.24) is 0 Å². The molecule has 2 rings (SSSR count). The highest BCUT2D eigenvalue weighted by molar-refractivity contribution is 4.92. The van der Waals surface area contributed by atoms with Gasteiger partial charge in [-0.15, -0.1) is 0 Å². The summed E-state index contributed by atoms with van der Waals surface area (Å²) in [5.74, 6) is 3.14. The number of ether oxygens (including phenoxy) is 1. The van der Waals surface area contributed by atoms with Gasteiger partial charge in [0.1, 0.15) is 0 Å². The van der Waals surface area contributed by atoms with Crippen molar-refractivity contribution in [3.05, 3.63) is 0 Å². The maximum atomic E-state index is 5.68. The van der Waals surface area contributed by atoms with Crippen LogP contribution in [0.4, 0.5) is 0 Å². The molecule has 76 valence electrons. The molecular formula is C12H22O. The molecule has 0 amide bonds. The minimum Gasteiger partial charge on any atom is -0.381 e. The largest absolute Gasteiger partial charge is 0.381 e. The first-order chi connectivity index (χ1) is 6.40. The molecule has 2 saturated carbocycles. The normalized spacial score (nSPS) is 37.2. The molecule has 0 bridgehead atoms. The molecule has 3 atom stereocenters. The average Bonchev–Trinajstić information content (AvgIpc) is 2.90. The zero-order valence-electron chi connectivity index (χ0n) is 8.80. The summed E-state index contributed by atoms with van der Waals surface area (Å²) in [6.07, 6.45) is 8.43. The highest BCUT2D eigenvalue weighted by atomic mass is 16.5. The Morgan fingerprint density at radius 3 is 2.85 bits per heavy atom. The SMILES string of the molecule is CCCCOCC1CCC2CC2C1. The zero-order valence-corrected chi connectivity index (χ0v) is 8.80. The monoisotopic (exact) mass is 182 g/mol. The molecule has 0 saturated heterocycles. The van der Waals surface area contributed by atoms with E-state index in [2.05, 4.69) is 6.92 Å². The molecule has 1 heteroatoms. The Morgan fingerprint density at radius 2 is 2.08 bits per heavy atom. The second-order valence-electron chi connectivity index (χ2n) is 4.86. The van der Waals surface area contributed by atoms with Crippen molar-refractivity contribution in [1.29, 1.82) is 0 Å². The van der Waals surface area contributed by atoms with Crippen LogP contribution in [0.25, 0.3) is 0 Å². The fraction of sp³-hybridized carbons (Fsp3) is 1.00. The summed E-state index contributed by atoms with van der Waals surface area (Å²) in [6.45, 7) is 4.25. The van der Waals surface area contributed by atoms with Crippen molar-refractivity contribution < 1.29 is 4.74 Å². The Hall–Kier alpha value is -0.0400. The van der Waals surface area contributed by atoms with Crippen molar-refractivity contribution in [2.24, 2.45) is 17.8 Å². The fourth-order valence-electron chi connectivity index (χ4n) is 2.60. The second kappa shape index (κ2) is 4.45. The molecule has 2 aliphatic rings. The highest BCUT2D eigenvalue weighted by Gasteiger charge is 2.41. The topological polar surface area (TPSA) is 9.23 Å². The molecule has 0 heterocycles. The number of fused-ring (bicyclic) bond motifs is 1. The van der Waals surface area contributed by atoms with Gasteiger partial charge in [0, 0.05) is 13.2 Å². The van der Waals surface area contributed by atoms with Gasteiger partial charge in [-0.1, -0.05) is 13.3 Å². The van der Waals surface area contributed by atoms with Gasteiger partial charge >= 0.3 is 0 Å². The van der Waals surface area contributed by atoms with E-state index in [4.69, 9.17) is 4.74 Å².